The average molecular weight is 485 g/mol. The molecule has 1 aliphatic carbocycles. The van der Waals surface area contributed by atoms with E-state index in [0.717, 1.165) is 15.6 Å². The summed E-state index contributed by atoms with van der Waals surface area (Å²) in [5.41, 5.74) is 1.42. The molecule has 0 saturated carbocycles. The number of rotatable bonds is 5. The molecule has 3 atom stereocenters. The predicted octanol–water partition coefficient (Wildman–Crippen LogP) is 4.96. The molecule has 0 radical (unpaired) electrons. The van der Waals surface area contributed by atoms with E-state index < -0.39 is 41.4 Å². The summed E-state index contributed by atoms with van der Waals surface area (Å²) in [5.74, 6) is -3.21. The molecule has 2 aromatic rings. The highest BCUT2D eigenvalue weighted by Gasteiger charge is 2.53. The number of benzene rings is 2. The Morgan fingerprint density at radius 3 is 2.36 bits per heavy atom. The fraction of sp³-hybridized carbons (Fsp3) is 0.280. The highest BCUT2D eigenvalue weighted by atomic mass is 35.5. The van der Waals surface area contributed by atoms with Gasteiger partial charge < -0.3 is 0 Å². The van der Waals surface area contributed by atoms with E-state index in [1.165, 1.54) is 25.1 Å². The van der Waals surface area contributed by atoms with Crippen LogP contribution in [0.5, 0.6) is 0 Å². The summed E-state index contributed by atoms with van der Waals surface area (Å²) in [6.07, 6.45) is 2.80. The van der Waals surface area contributed by atoms with Crippen LogP contribution in [-0.4, -0.2) is 39.6 Å². The van der Waals surface area contributed by atoms with Crippen molar-refractivity contribution < 1.29 is 19.2 Å². The Labute approximate surface area is 201 Å². The van der Waals surface area contributed by atoms with Crippen LogP contribution in [0.15, 0.2) is 60.2 Å². The first-order valence-corrected chi connectivity index (χ1v) is 11.4. The summed E-state index contributed by atoms with van der Waals surface area (Å²) in [7, 11) is 0. The molecule has 1 fully saturated rings. The van der Waals surface area contributed by atoms with E-state index in [0.29, 0.717) is 23.4 Å². The molecule has 0 spiro atoms. The molecule has 0 N–H and O–H groups in total. The predicted molar refractivity (Wildman–Crippen MR) is 125 cm³/mol. The third-order valence-corrected chi connectivity index (χ3v) is 6.74. The first-order chi connectivity index (χ1) is 15.7. The zero-order valence-electron chi connectivity index (χ0n) is 18.1. The van der Waals surface area contributed by atoms with Gasteiger partial charge in [-0.15, -0.1) is 0 Å². The summed E-state index contributed by atoms with van der Waals surface area (Å²) in [4.78, 5) is 53.7. The second-order valence-electron chi connectivity index (χ2n) is 8.37. The van der Waals surface area contributed by atoms with E-state index in [1.807, 2.05) is 13.0 Å². The molecule has 170 valence electrons. The van der Waals surface area contributed by atoms with Gasteiger partial charge in [-0.3, -0.25) is 19.2 Å². The topological polar surface area (TPSA) is 74.8 Å². The van der Waals surface area contributed by atoms with Crippen molar-refractivity contribution in [2.45, 2.75) is 32.7 Å². The summed E-state index contributed by atoms with van der Waals surface area (Å²) in [6, 6.07) is 11.6. The fourth-order valence-corrected chi connectivity index (χ4v) is 4.90. The Balaban J connectivity index is 1.78. The van der Waals surface area contributed by atoms with Crippen LogP contribution < -0.4 is 0 Å². The Morgan fingerprint density at radius 1 is 1.03 bits per heavy atom. The standard InChI is InChI=1S/C25H22Cl2N2O4/c1-14-8-10-18-20(12-14)25(33)29(23(18)31)28(15(2)22(30)16-6-4-3-5-7-16)24(32)19-11-9-17(26)13-21(19)27/h3-9,11,13,15,18,20H,10,12H2,1-2H3/t15-,18-,20-/m0/s1. The quantitative estimate of drug-likeness (QED) is 0.341. The molecule has 4 rings (SSSR count). The smallest absolute Gasteiger partial charge is 0.275 e. The molecule has 2 aromatic carbocycles. The van der Waals surface area contributed by atoms with Gasteiger partial charge in [-0.2, -0.15) is 5.01 Å². The zero-order chi connectivity index (χ0) is 23.9. The lowest BCUT2D eigenvalue weighted by molar-refractivity contribution is -0.156. The summed E-state index contributed by atoms with van der Waals surface area (Å²) < 4.78 is 0. The van der Waals surface area contributed by atoms with Crippen molar-refractivity contribution in [3.8, 4) is 0 Å². The van der Waals surface area contributed by atoms with Gasteiger partial charge in [0.2, 0.25) is 0 Å². The maximum Gasteiger partial charge on any atom is 0.275 e. The SMILES string of the molecule is CC1=CC[C@@H]2C(=O)N(N(C(=O)c3ccc(Cl)cc3Cl)[C@@H](C)C(=O)c3ccccc3)C(=O)[C@H]2C1. The van der Waals surface area contributed by atoms with E-state index in [9.17, 15) is 19.2 Å². The number of hydrogen-bond acceptors (Lipinski definition) is 4. The zero-order valence-corrected chi connectivity index (χ0v) is 19.6. The number of carbonyl (C=O) groups excluding carboxylic acids is 4. The number of hydrazine groups is 1. The molecule has 0 bridgehead atoms. The molecule has 33 heavy (non-hydrogen) atoms. The van der Waals surface area contributed by atoms with Crippen molar-refractivity contribution in [1.82, 2.24) is 10.0 Å². The third-order valence-electron chi connectivity index (χ3n) is 6.19. The lowest BCUT2D eigenvalue weighted by Crippen LogP contribution is -2.56. The highest BCUT2D eigenvalue weighted by Crippen LogP contribution is 2.39. The lowest BCUT2D eigenvalue weighted by Gasteiger charge is -2.35. The van der Waals surface area contributed by atoms with E-state index in [1.54, 1.807) is 30.3 Å². The second kappa shape index (κ2) is 9.12. The van der Waals surface area contributed by atoms with Gasteiger partial charge in [0.05, 0.1) is 22.4 Å². The number of allylic oxidation sites excluding steroid dienone is 2. The number of imide groups is 1. The molecule has 3 amide bonds. The van der Waals surface area contributed by atoms with Crippen LogP contribution >= 0.6 is 23.2 Å². The van der Waals surface area contributed by atoms with Crippen LogP contribution in [0, 0.1) is 11.8 Å². The molecule has 6 nitrogen and oxygen atoms in total. The Hall–Kier alpha value is -2.96. The van der Waals surface area contributed by atoms with Crippen molar-refractivity contribution in [3.05, 3.63) is 81.4 Å². The number of halogens is 2. The lowest BCUT2D eigenvalue weighted by atomic mass is 9.82. The number of ketones is 1. The van der Waals surface area contributed by atoms with Crippen molar-refractivity contribution in [1.29, 1.82) is 0 Å². The summed E-state index contributed by atoms with van der Waals surface area (Å²) >= 11 is 12.3. The second-order valence-corrected chi connectivity index (χ2v) is 9.22. The number of fused-ring (bicyclic) bond motifs is 1. The van der Waals surface area contributed by atoms with Crippen molar-refractivity contribution in [2.75, 3.05) is 0 Å². The molecule has 8 heteroatoms. The first-order valence-electron chi connectivity index (χ1n) is 10.6. The minimum absolute atomic E-state index is 0.0403. The number of Topliss-reactive ketones (excluding diaryl/α,β-unsaturated/α-hetero) is 1. The minimum atomic E-state index is -1.13. The average Bonchev–Trinajstić information content (AvgIpc) is 3.03. The Morgan fingerprint density at radius 2 is 1.70 bits per heavy atom. The van der Waals surface area contributed by atoms with Crippen molar-refractivity contribution in [3.63, 3.8) is 0 Å². The molecule has 1 heterocycles. The van der Waals surface area contributed by atoms with Gasteiger partial charge in [0.1, 0.15) is 6.04 Å². The molecule has 2 aliphatic rings. The van der Waals surface area contributed by atoms with Gasteiger partial charge in [0.25, 0.3) is 17.7 Å². The summed E-state index contributed by atoms with van der Waals surface area (Å²) in [6.45, 7) is 3.41. The van der Waals surface area contributed by atoms with Gasteiger partial charge in [0.15, 0.2) is 5.78 Å². The number of amides is 3. The molecule has 1 saturated heterocycles. The Kier molecular flexibility index (Phi) is 6.41. The molecule has 1 aliphatic heterocycles. The van der Waals surface area contributed by atoms with E-state index in [4.69, 9.17) is 23.2 Å². The van der Waals surface area contributed by atoms with Gasteiger partial charge >= 0.3 is 0 Å². The third kappa shape index (κ3) is 4.21. The monoisotopic (exact) mass is 484 g/mol. The van der Waals surface area contributed by atoms with Crippen LogP contribution in [0.4, 0.5) is 0 Å². The van der Waals surface area contributed by atoms with Crippen LogP contribution in [0.25, 0.3) is 0 Å². The van der Waals surface area contributed by atoms with E-state index >= 15 is 0 Å². The molecule has 0 aromatic heterocycles. The van der Waals surface area contributed by atoms with Gasteiger partial charge in [-0.25, -0.2) is 5.01 Å². The molecular formula is C25H22Cl2N2O4. The maximum absolute atomic E-state index is 13.7. The van der Waals surface area contributed by atoms with E-state index in [-0.39, 0.29) is 10.6 Å². The number of hydrogen-bond donors (Lipinski definition) is 0. The largest absolute Gasteiger partial charge is 0.292 e. The molecule has 0 unspecified atom stereocenters. The van der Waals surface area contributed by atoms with Gasteiger partial charge in [-0.1, -0.05) is 65.2 Å². The van der Waals surface area contributed by atoms with Crippen LogP contribution in [0.3, 0.4) is 0 Å². The highest BCUT2D eigenvalue weighted by molar-refractivity contribution is 6.36. The van der Waals surface area contributed by atoms with Gasteiger partial charge in [0, 0.05) is 10.6 Å². The number of carbonyl (C=O) groups is 4. The van der Waals surface area contributed by atoms with Gasteiger partial charge in [-0.05, 0) is 44.9 Å². The fourth-order valence-electron chi connectivity index (χ4n) is 4.41. The van der Waals surface area contributed by atoms with E-state index in [2.05, 4.69) is 0 Å². The number of nitrogens with zero attached hydrogens (tertiary/aromatic N) is 2. The maximum atomic E-state index is 13.7. The normalized spacial score (nSPS) is 20.8. The van der Waals surface area contributed by atoms with Crippen molar-refractivity contribution in [2.24, 2.45) is 11.8 Å². The minimum Gasteiger partial charge on any atom is -0.292 e. The Bertz CT molecular complexity index is 1180. The first kappa shape index (κ1) is 23.2. The molecular weight excluding hydrogens is 463 g/mol. The van der Waals surface area contributed by atoms with Crippen LogP contribution in [-0.2, 0) is 9.59 Å². The van der Waals surface area contributed by atoms with Crippen LogP contribution in [0.2, 0.25) is 10.0 Å². The summed E-state index contributed by atoms with van der Waals surface area (Å²) in [5, 5.41) is 2.21. The van der Waals surface area contributed by atoms with Crippen molar-refractivity contribution >= 4 is 46.7 Å². The van der Waals surface area contributed by atoms with Crippen LogP contribution in [0.1, 0.15) is 47.4 Å².